The van der Waals surface area contributed by atoms with E-state index in [1.807, 2.05) is 13.8 Å². The maximum Gasteiger partial charge on any atom is 0.255 e. The van der Waals surface area contributed by atoms with E-state index in [0.717, 1.165) is 5.69 Å². The summed E-state index contributed by atoms with van der Waals surface area (Å²) in [5.74, 6) is 0.424. The van der Waals surface area contributed by atoms with Crippen LogP contribution in [-0.4, -0.2) is 23.0 Å². The average molecular weight is 306 g/mol. The quantitative estimate of drug-likeness (QED) is 0.878. The van der Waals surface area contributed by atoms with Gasteiger partial charge in [0.15, 0.2) is 0 Å². The maximum atomic E-state index is 12.2. The van der Waals surface area contributed by atoms with Gasteiger partial charge in [-0.3, -0.25) is 4.79 Å². The van der Waals surface area contributed by atoms with Gasteiger partial charge in [-0.05, 0) is 24.1 Å². The third-order valence-corrected chi connectivity index (χ3v) is 3.06. The summed E-state index contributed by atoms with van der Waals surface area (Å²) in [5, 5.41) is 3.06. The molecule has 0 saturated heterocycles. The Hall–Kier alpha value is -2.14. The molecule has 0 radical (unpaired) electrons. The van der Waals surface area contributed by atoms with Crippen molar-refractivity contribution in [1.29, 1.82) is 0 Å². The molecule has 2 aromatic heterocycles. The van der Waals surface area contributed by atoms with E-state index in [2.05, 4.69) is 15.3 Å². The van der Waals surface area contributed by atoms with E-state index in [-0.39, 0.29) is 11.8 Å². The topological polar surface area (TPSA) is 64.1 Å². The number of methoxy groups -OCH3 is 1. The third-order valence-electron chi connectivity index (χ3n) is 2.87. The predicted octanol–water partition coefficient (Wildman–Crippen LogP) is 3.51. The molecule has 0 aliphatic heterocycles. The van der Waals surface area contributed by atoms with Crippen LogP contribution < -0.4 is 10.1 Å². The molecule has 0 bridgehead atoms. The SMILES string of the molecule is COc1ccc(NC(=O)c2cc(Cl)nc(C(C)C)c2)cn1. The first-order chi connectivity index (χ1) is 9.99. The van der Waals surface area contributed by atoms with Gasteiger partial charge in [-0.25, -0.2) is 9.97 Å². The number of anilines is 1. The van der Waals surface area contributed by atoms with E-state index >= 15 is 0 Å². The molecule has 2 rings (SSSR count). The Labute approximate surface area is 128 Å². The normalized spacial score (nSPS) is 10.5. The fourth-order valence-corrected chi connectivity index (χ4v) is 1.94. The minimum Gasteiger partial charge on any atom is -0.481 e. The first-order valence-corrected chi connectivity index (χ1v) is 6.86. The molecule has 110 valence electrons. The fraction of sp³-hybridized carbons (Fsp3) is 0.267. The van der Waals surface area contributed by atoms with Crippen LogP contribution in [0.5, 0.6) is 5.88 Å². The van der Waals surface area contributed by atoms with Gasteiger partial charge in [0, 0.05) is 17.3 Å². The standard InChI is InChI=1S/C15H16ClN3O2/c1-9(2)12-6-10(7-13(16)19-12)15(20)18-11-4-5-14(21-3)17-8-11/h4-9H,1-3H3,(H,18,20). The van der Waals surface area contributed by atoms with Gasteiger partial charge < -0.3 is 10.1 Å². The van der Waals surface area contributed by atoms with Crippen molar-refractivity contribution in [3.8, 4) is 5.88 Å². The fourth-order valence-electron chi connectivity index (χ4n) is 1.72. The highest BCUT2D eigenvalue weighted by molar-refractivity contribution is 6.29. The van der Waals surface area contributed by atoms with E-state index in [9.17, 15) is 4.79 Å². The van der Waals surface area contributed by atoms with Crippen LogP contribution in [0, 0.1) is 0 Å². The monoisotopic (exact) mass is 305 g/mol. The smallest absolute Gasteiger partial charge is 0.255 e. The number of carbonyl (C=O) groups excluding carboxylic acids is 1. The van der Waals surface area contributed by atoms with Gasteiger partial charge in [-0.1, -0.05) is 25.4 Å². The van der Waals surface area contributed by atoms with Crippen molar-refractivity contribution in [2.24, 2.45) is 0 Å². The molecule has 21 heavy (non-hydrogen) atoms. The lowest BCUT2D eigenvalue weighted by molar-refractivity contribution is 0.102. The molecule has 5 nitrogen and oxygen atoms in total. The minimum atomic E-state index is -0.256. The Morgan fingerprint density at radius 2 is 2.10 bits per heavy atom. The van der Waals surface area contributed by atoms with Crippen molar-refractivity contribution in [1.82, 2.24) is 9.97 Å². The molecule has 2 aromatic rings. The zero-order chi connectivity index (χ0) is 15.4. The van der Waals surface area contributed by atoms with Crippen LogP contribution in [0.25, 0.3) is 0 Å². The molecule has 1 amide bonds. The van der Waals surface area contributed by atoms with Crippen LogP contribution in [0.4, 0.5) is 5.69 Å². The second-order valence-corrected chi connectivity index (χ2v) is 5.19. The van der Waals surface area contributed by atoms with Gasteiger partial charge in [-0.2, -0.15) is 0 Å². The Morgan fingerprint density at radius 1 is 1.33 bits per heavy atom. The zero-order valence-electron chi connectivity index (χ0n) is 12.1. The first-order valence-electron chi connectivity index (χ1n) is 6.48. The molecule has 0 unspecified atom stereocenters. The Kier molecular flexibility index (Phi) is 4.75. The molecule has 0 aromatic carbocycles. The number of nitrogens with one attached hydrogen (secondary N) is 1. The summed E-state index contributed by atoms with van der Waals surface area (Å²) < 4.78 is 4.97. The van der Waals surface area contributed by atoms with Crippen molar-refractivity contribution >= 4 is 23.2 Å². The number of pyridine rings is 2. The lowest BCUT2D eigenvalue weighted by Crippen LogP contribution is -2.13. The molecular formula is C15H16ClN3O2. The highest BCUT2D eigenvalue weighted by Gasteiger charge is 2.11. The van der Waals surface area contributed by atoms with E-state index in [0.29, 0.717) is 22.3 Å². The van der Waals surface area contributed by atoms with Crippen LogP contribution in [0.15, 0.2) is 30.5 Å². The lowest BCUT2D eigenvalue weighted by Gasteiger charge is -2.09. The van der Waals surface area contributed by atoms with Crippen LogP contribution in [-0.2, 0) is 0 Å². The molecule has 0 aliphatic carbocycles. The number of ether oxygens (including phenoxy) is 1. The number of aromatic nitrogens is 2. The molecule has 0 spiro atoms. The zero-order valence-corrected chi connectivity index (χ0v) is 12.8. The number of amides is 1. The van der Waals surface area contributed by atoms with Crippen molar-refractivity contribution in [3.05, 3.63) is 46.9 Å². The summed E-state index contributed by atoms with van der Waals surface area (Å²) in [4.78, 5) is 20.5. The molecule has 1 N–H and O–H groups in total. The van der Waals surface area contributed by atoms with Crippen molar-refractivity contribution in [2.45, 2.75) is 19.8 Å². The Bertz CT molecular complexity index is 642. The van der Waals surface area contributed by atoms with Crippen LogP contribution in [0.1, 0.15) is 35.8 Å². The molecule has 6 heteroatoms. The van der Waals surface area contributed by atoms with Crippen LogP contribution in [0.2, 0.25) is 5.15 Å². The molecule has 0 fully saturated rings. The second-order valence-electron chi connectivity index (χ2n) is 4.80. The van der Waals surface area contributed by atoms with Gasteiger partial charge in [0.2, 0.25) is 5.88 Å². The van der Waals surface area contributed by atoms with Crippen molar-refractivity contribution in [3.63, 3.8) is 0 Å². The first kappa shape index (κ1) is 15.3. The van der Waals surface area contributed by atoms with Crippen molar-refractivity contribution < 1.29 is 9.53 Å². The number of hydrogen-bond donors (Lipinski definition) is 1. The molecule has 0 atom stereocenters. The number of hydrogen-bond acceptors (Lipinski definition) is 4. The van der Waals surface area contributed by atoms with Crippen molar-refractivity contribution in [2.75, 3.05) is 12.4 Å². The Morgan fingerprint density at radius 3 is 2.67 bits per heavy atom. The lowest BCUT2D eigenvalue weighted by atomic mass is 10.1. The van der Waals surface area contributed by atoms with E-state index < -0.39 is 0 Å². The van der Waals surface area contributed by atoms with E-state index in [1.54, 1.807) is 24.3 Å². The molecule has 2 heterocycles. The summed E-state index contributed by atoms with van der Waals surface area (Å²) >= 11 is 5.96. The Balaban J connectivity index is 2.19. The minimum absolute atomic E-state index is 0.193. The summed E-state index contributed by atoms with van der Waals surface area (Å²) in [6.07, 6.45) is 1.53. The highest BCUT2D eigenvalue weighted by Crippen LogP contribution is 2.19. The van der Waals surface area contributed by atoms with Gasteiger partial charge in [0.25, 0.3) is 5.91 Å². The number of nitrogens with zero attached hydrogens (tertiary/aromatic N) is 2. The van der Waals surface area contributed by atoms with Gasteiger partial charge >= 0.3 is 0 Å². The molecular weight excluding hydrogens is 290 g/mol. The van der Waals surface area contributed by atoms with Gasteiger partial charge in [-0.15, -0.1) is 0 Å². The number of carbonyl (C=O) groups is 1. The number of halogens is 1. The number of rotatable bonds is 4. The average Bonchev–Trinajstić information content (AvgIpc) is 2.47. The molecule has 0 saturated carbocycles. The van der Waals surface area contributed by atoms with E-state index in [1.165, 1.54) is 13.3 Å². The summed E-state index contributed by atoms with van der Waals surface area (Å²) in [5.41, 5.74) is 1.83. The summed E-state index contributed by atoms with van der Waals surface area (Å²) in [6.45, 7) is 3.99. The van der Waals surface area contributed by atoms with E-state index in [4.69, 9.17) is 16.3 Å². The van der Waals surface area contributed by atoms with Gasteiger partial charge in [0.1, 0.15) is 5.15 Å². The van der Waals surface area contributed by atoms with Crippen LogP contribution in [0.3, 0.4) is 0 Å². The predicted molar refractivity (Wildman–Crippen MR) is 82.1 cm³/mol. The molecule has 0 aliphatic rings. The highest BCUT2D eigenvalue weighted by atomic mass is 35.5. The summed E-state index contributed by atoms with van der Waals surface area (Å²) in [6, 6.07) is 6.67. The third kappa shape index (κ3) is 3.92. The maximum absolute atomic E-state index is 12.2. The largest absolute Gasteiger partial charge is 0.481 e. The summed E-state index contributed by atoms with van der Waals surface area (Å²) in [7, 11) is 1.53. The van der Waals surface area contributed by atoms with Gasteiger partial charge in [0.05, 0.1) is 19.0 Å². The van der Waals surface area contributed by atoms with Crippen LogP contribution >= 0.6 is 11.6 Å². The second kappa shape index (κ2) is 6.54.